The Labute approximate surface area is 110 Å². The van der Waals surface area contributed by atoms with Gasteiger partial charge >= 0.3 is 0 Å². The molecule has 3 N–H and O–H groups in total. The highest BCUT2D eigenvalue weighted by Gasteiger charge is 2.26. The van der Waals surface area contributed by atoms with Crippen LogP contribution >= 0.6 is 0 Å². The molecule has 1 aromatic rings. The molecule has 0 amide bonds. The number of rotatable bonds is 5. The molecule has 1 saturated carbocycles. The molecule has 3 nitrogen and oxygen atoms in total. The third-order valence-corrected chi connectivity index (χ3v) is 3.55. The zero-order valence-corrected chi connectivity index (χ0v) is 11.4. The van der Waals surface area contributed by atoms with Crippen molar-refractivity contribution >= 4 is 5.69 Å². The predicted molar refractivity (Wildman–Crippen MR) is 76.0 cm³/mol. The van der Waals surface area contributed by atoms with Gasteiger partial charge in [0, 0.05) is 6.04 Å². The first-order valence-electron chi connectivity index (χ1n) is 6.93. The van der Waals surface area contributed by atoms with Crippen molar-refractivity contribution < 1.29 is 4.74 Å². The summed E-state index contributed by atoms with van der Waals surface area (Å²) >= 11 is 0. The molecule has 3 heteroatoms. The summed E-state index contributed by atoms with van der Waals surface area (Å²) in [6, 6.07) is 8.66. The van der Waals surface area contributed by atoms with Gasteiger partial charge in [0.15, 0.2) is 0 Å². The Bertz CT molecular complexity index is 379. The molecule has 0 spiro atoms. The van der Waals surface area contributed by atoms with Gasteiger partial charge in [0.2, 0.25) is 0 Å². The summed E-state index contributed by atoms with van der Waals surface area (Å²) in [6.07, 6.45) is 3.91. The normalized spacial score (nSPS) is 23.3. The summed E-state index contributed by atoms with van der Waals surface area (Å²) in [5.74, 6) is 1.53. The van der Waals surface area contributed by atoms with E-state index in [1.54, 1.807) is 0 Å². The lowest BCUT2D eigenvalue weighted by Gasteiger charge is -2.23. The lowest BCUT2D eigenvalue weighted by Crippen LogP contribution is -2.29. The monoisotopic (exact) mass is 248 g/mol. The molecule has 2 atom stereocenters. The van der Waals surface area contributed by atoms with Gasteiger partial charge in [-0.15, -0.1) is 0 Å². The number of benzene rings is 1. The quantitative estimate of drug-likeness (QED) is 0.842. The molecule has 0 bridgehead atoms. The maximum Gasteiger partial charge on any atom is 0.142 e. The number of hydrogen-bond donors (Lipinski definition) is 2. The van der Waals surface area contributed by atoms with Crippen LogP contribution in [0.1, 0.15) is 33.1 Å². The summed E-state index contributed by atoms with van der Waals surface area (Å²) in [5.41, 5.74) is 6.92. The Hall–Kier alpha value is -1.22. The fourth-order valence-corrected chi connectivity index (χ4v) is 2.65. The standard InChI is InChI=1S/C15H24N2O/c1-11(2)18-15-9-4-3-7-14(15)17-13-8-5-6-12(13)10-16/h3-4,7,9,11-13,17H,5-6,8,10,16H2,1-2H3. The van der Waals surface area contributed by atoms with Crippen molar-refractivity contribution in [1.29, 1.82) is 0 Å². The molecule has 2 rings (SSSR count). The highest BCUT2D eigenvalue weighted by molar-refractivity contribution is 5.57. The third-order valence-electron chi connectivity index (χ3n) is 3.55. The van der Waals surface area contributed by atoms with Gasteiger partial charge in [-0.05, 0) is 51.3 Å². The van der Waals surface area contributed by atoms with E-state index < -0.39 is 0 Å². The van der Waals surface area contributed by atoms with Crippen LogP contribution in [0, 0.1) is 5.92 Å². The first-order chi connectivity index (χ1) is 8.70. The molecule has 0 aromatic heterocycles. The van der Waals surface area contributed by atoms with Gasteiger partial charge in [-0.3, -0.25) is 0 Å². The zero-order valence-electron chi connectivity index (χ0n) is 11.4. The first-order valence-corrected chi connectivity index (χ1v) is 6.93. The molecular formula is C15H24N2O. The average molecular weight is 248 g/mol. The highest BCUT2D eigenvalue weighted by atomic mass is 16.5. The fourth-order valence-electron chi connectivity index (χ4n) is 2.65. The van der Waals surface area contributed by atoms with E-state index in [2.05, 4.69) is 25.2 Å². The number of para-hydroxylation sites is 2. The SMILES string of the molecule is CC(C)Oc1ccccc1NC1CCCC1CN. The van der Waals surface area contributed by atoms with Crippen LogP contribution in [0.3, 0.4) is 0 Å². The van der Waals surface area contributed by atoms with Crippen LogP contribution in [0.5, 0.6) is 5.75 Å². The number of ether oxygens (including phenoxy) is 1. The van der Waals surface area contributed by atoms with E-state index in [0.717, 1.165) is 18.0 Å². The van der Waals surface area contributed by atoms with Gasteiger partial charge in [0.05, 0.1) is 11.8 Å². The molecular weight excluding hydrogens is 224 g/mol. The van der Waals surface area contributed by atoms with E-state index in [4.69, 9.17) is 10.5 Å². The van der Waals surface area contributed by atoms with E-state index in [-0.39, 0.29) is 6.10 Å². The van der Waals surface area contributed by atoms with Crippen LogP contribution in [0.15, 0.2) is 24.3 Å². The summed E-state index contributed by atoms with van der Waals surface area (Å²) < 4.78 is 5.83. The Morgan fingerprint density at radius 3 is 2.83 bits per heavy atom. The molecule has 100 valence electrons. The van der Waals surface area contributed by atoms with E-state index in [1.807, 2.05) is 18.2 Å². The molecule has 0 aliphatic heterocycles. The minimum absolute atomic E-state index is 0.196. The molecule has 0 heterocycles. The van der Waals surface area contributed by atoms with Gasteiger partial charge in [0.1, 0.15) is 5.75 Å². The van der Waals surface area contributed by atoms with E-state index in [9.17, 15) is 0 Å². The van der Waals surface area contributed by atoms with E-state index >= 15 is 0 Å². The molecule has 2 unspecified atom stereocenters. The van der Waals surface area contributed by atoms with Crippen molar-refractivity contribution in [3.05, 3.63) is 24.3 Å². The Kier molecular flexibility index (Phi) is 4.48. The van der Waals surface area contributed by atoms with Crippen molar-refractivity contribution in [3.63, 3.8) is 0 Å². The second-order valence-corrected chi connectivity index (χ2v) is 5.34. The van der Waals surface area contributed by atoms with Gasteiger partial charge < -0.3 is 15.8 Å². The van der Waals surface area contributed by atoms with Crippen LogP contribution in [-0.4, -0.2) is 18.7 Å². The minimum Gasteiger partial charge on any atom is -0.489 e. The highest BCUT2D eigenvalue weighted by Crippen LogP contribution is 2.32. The summed E-state index contributed by atoms with van der Waals surface area (Å²) in [5, 5.41) is 3.61. The lowest BCUT2D eigenvalue weighted by molar-refractivity contribution is 0.243. The van der Waals surface area contributed by atoms with Crippen molar-refractivity contribution in [2.45, 2.75) is 45.3 Å². The van der Waals surface area contributed by atoms with Gasteiger partial charge in [-0.1, -0.05) is 18.6 Å². The Balaban J connectivity index is 2.08. The summed E-state index contributed by atoms with van der Waals surface area (Å²) in [7, 11) is 0. The predicted octanol–water partition coefficient (Wildman–Crippen LogP) is 3.01. The van der Waals surface area contributed by atoms with Crippen LogP contribution in [0.25, 0.3) is 0 Å². The number of hydrogen-bond acceptors (Lipinski definition) is 3. The average Bonchev–Trinajstić information content (AvgIpc) is 2.78. The number of nitrogens with two attached hydrogens (primary N) is 1. The number of nitrogens with one attached hydrogen (secondary N) is 1. The maximum absolute atomic E-state index is 5.83. The topological polar surface area (TPSA) is 47.3 Å². The smallest absolute Gasteiger partial charge is 0.142 e. The van der Waals surface area contributed by atoms with Crippen molar-refractivity contribution in [2.24, 2.45) is 11.7 Å². The Morgan fingerprint density at radius 1 is 1.33 bits per heavy atom. The molecule has 1 aromatic carbocycles. The first kappa shape index (κ1) is 13.2. The summed E-state index contributed by atoms with van der Waals surface area (Å²) in [6.45, 7) is 4.87. The molecule has 1 fully saturated rings. The molecule has 18 heavy (non-hydrogen) atoms. The van der Waals surface area contributed by atoms with Crippen LogP contribution in [0.4, 0.5) is 5.69 Å². The Morgan fingerprint density at radius 2 is 2.11 bits per heavy atom. The van der Waals surface area contributed by atoms with Crippen molar-refractivity contribution in [1.82, 2.24) is 0 Å². The minimum atomic E-state index is 0.196. The summed E-state index contributed by atoms with van der Waals surface area (Å²) in [4.78, 5) is 0. The molecule has 1 aliphatic rings. The van der Waals surface area contributed by atoms with E-state index in [1.165, 1.54) is 19.3 Å². The fraction of sp³-hybridized carbons (Fsp3) is 0.600. The largest absolute Gasteiger partial charge is 0.489 e. The second-order valence-electron chi connectivity index (χ2n) is 5.34. The van der Waals surface area contributed by atoms with Gasteiger partial charge in [-0.25, -0.2) is 0 Å². The molecule has 1 aliphatic carbocycles. The molecule has 0 radical (unpaired) electrons. The third kappa shape index (κ3) is 3.16. The van der Waals surface area contributed by atoms with Crippen LogP contribution < -0.4 is 15.8 Å². The molecule has 0 saturated heterocycles. The van der Waals surface area contributed by atoms with Gasteiger partial charge in [-0.2, -0.15) is 0 Å². The van der Waals surface area contributed by atoms with Crippen molar-refractivity contribution in [2.75, 3.05) is 11.9 Å². The van der Waals surface area contributed by atoms with Crippen molar-refractivity contribution in [3.8, 4) is 5.75 Å². The van der Waals surface area contributed by atoms with Gasteiger partial charge in [0.25, 0.3) is 0 Å². The maximum atomic E-state index is 5.83. The lowest BCUT2D eigenvalue weighted by atomic mass is 10.0. The van der Waals surface area contributed by atoms with Crippen LogP contribution in [-0.2, 0) is 0 Å². The second kappa shape index (κ2) is 6.10. The number of anilines is 1. The van der Waals surface area contributed by atoms with E-state index in [0.29, 0.717) is 12.0 Å². The zero-order chi connectivity index (χ0) is 13.0. The van der Waals surface area contributed by atoms with Crippen LogP contribution in [0.2, 0.25) is 0 Å².